The van der Waals surface area contributed by atoms with Crippen LogP contribution in [-0.4, -0.2) is 50.2 Å². The highest BCUT2D eigenvalue weighted by Gasteiger charge is 2.14. The number of nitrogens with one attached hydrogen (secondary N) is 1. The number of hydrogen-bond donors (Lipinski definition) is 2. The van der Waals surface area contributed by atoms with Crippen molar-refractivity contribution in [3.05, 3.63) is 0 Å². The standard InChI is InChI=1S/C15H31NO3/c1-12(2)7-13(3)19-11-15(17)9-16-8-14-5-4-6-18-10-14/h12-17H,4-11H2,1-3H3. The summed E-state index contributed by atoms with van der Waals surface area (Å²) in [5.74, 6) is 1.23. The zero-order valence-corrected chi connectivity index (χ0v) is 12.7. The highest BCUT2D eigenvalue weighted by molar-refractivity contribution is 4.68. The Balaban J connectivity index is 1.99. The van der Waals surface area contributed by atoms with Gasteiger partial charge in [-0.05, 0) is 38.0 Å². The Hall–Kier alpha value is -0.160. The van der Waals surface area contributed by atoms with Crippen LogP contribution in [0, 0.1) is 11.8 Å². The van der Waals surface area contributed by atoms with Crippen LogP contribution in [0.2, 0.25) is 0 Å². The quantitative estimate of drug-likeness (QED) is 0.673. The molecule has 0 aromatic rings. The number of rotatable bonds is 9. The van der Waals surface area contributed by atoms with Gasteiger partial charge in [0.1, 0.15) is 0 Å². The fourth-order valence-corrected chi connectivity index (χ4v) is 2.49. The lowest BCUT2D eigenvalue weighted by atomic mass is 10.0. The summed E-state index contributed by atoms with van der Waals surface area (Å²) in [4.78, 5) is 0. The normalized spacial score (nSPS) is 23.5. The molecule has 2 N–H and O–H groups in total. The maximum absolute atomic E-state index is 9.84. The lowest BCUT2D eigenvalue weighted by Gasteiger charge is -2.23. The van der Waals surface area contributed by atoms with Gasteiger partial charge >= 0.3 is 0 Å². The van der Waals surface area contributed by atoms with E-state index in [1.165, 1.54) is 6.42 Å². The highest BCUT2D eigenvalue weighted by atomic mass is 16.5. The molecule has 1 aliphatic heterocycles. The Morgan fingerprint density at radius 2 is 2.16 bits per heavy atom. The summed E-state index contributed by atoms with van der Waals surface area (Å²) in [6.07, 6.45) is 3.23. The fourth-order valence-electron chi connectivity index (χ4n) is 2.49. The van der Waals surface area contributed by atoms with Crippen LogP contribution < -0.4 is 5.32 Å². The summed E-state index contributed by atoms with van der Waals surface area (Å²) < 4.78 is 11.1. The SMILES string of the molecule is CC(C)CC(C)OCC(O)CNCC1CCCOC1. The predicted octanol–water partition coefficient (Wildman–Crippen LogP) is 1.81. The second-order valence-corrected chi connectivity index (χ2v) is 6.17. The first-order valence-corrected chi connectivity index (χ1v) is 7.66. The first-order valence-electron chi connectivity index (χ1n) is 7.66. The number of ether oxygens (including phenoxy) is 2. The van der Waals surface area contributed by atoms with Crippen molar-refractivity contribution in [1.82, 2.24) is 5.32 Å². The molecule has 3 unspecified atom stereocenters. The zero-order valence-electron chi connectivity index (χ0n) is 12.7. The number of aliphatic hydroxyl groups excluding tert-OH is 1. The van der Waals surface area contributed by atoms with Crippen LogP contribution in [0.25, 0.3) is 0 Å². The van der Waals surface area contributed by atoms with Gasteiger partial charge in [0.15, 0.2) is 0 Å². The average molecular weight is 273 g/mol. The van der Waals surface area contributed by atoms with Crippen molar-refractivity contribution in [1.29, 1.82) is 0 Å². The van der Waals surface area contributed by atoms with E-state index in [9.17, 15) is 5.11 Å². The van der Waals surface area contributed by atoms with Crippen molar-refractivity contribution in [2.24, 2.45) is 11.8 Å². The van der Waals surface area contributed by atoms with Crippen molar-refractivity contribution in [2.45, 2.75) is 52.2 Å². The molecule has 114 valence electrons. The topological polar surface area (TPSA) is 50.7 Å². The molecule has 1 saturated heterocycles. The smallest absolute Gasteiger partial charge is 0.0897 e. The molecule has 0 radical (unpaired) electrons. The van der Waals surface area contributed by atoms with Crippen LogP contribution >= 0.6 is 0 Å². The predicted molar refractivity (Wildman–Crippen MR) is 77.3 cm³/mol. The summed E-state index contributed by atoms with van der Waals surface area (Å²) in [7, 11) is 0. The van der Waals surface area contributed by atoms with Gasteiger partial charge in [0.2, 0.25) is 0 Å². The Kier molecular flexibility index (Phi) is 8.62. The van der Waals surface area contributed by atoms with E-state index >= 15 is 0 Å². The van der Waals surface area contributed by atoms with Gasteiger partial charge in [0, 0.05) is 19.7 Å². The van der Waals surface area contributed by atoms with Gasteiger partial charge in [-0.3, -0.25) is 0 Å². The summed E-state index contributed by atoms with van der Waals surface area (Å²) in [6, 6.07) is 0. The molecule has 0 bridgehead atoms. The van der Waals surface area contributed by atoms with E-state index < -0.39 is 6.10 Å². The fraction of sp³-hybridized carbons (Fsp3) is 1.00. The van der Waals surface area contributed by atoms with Gasteiger partial charge in [-0.1, -0.05) is 13.8 Å². The highest BCUT2D eigenvalue weighted by Crippen LogP contribution is 2.12. The van der Waals surface area contributed by atoms with Crippen LogP contribution in [0.3, 0.4) is 0 Å². The van der Waals surface area contributed by atoms with Gasteiger partial charge < -0.3 is 19.9 Å². The number of aliphatic hydroxyl groups is 1. The molecule has 3 atom stereocenters. The lowest BCUT2D eigenvalue weighted by molar-refractivity contribution is -0.00963. The first kappa shape index (κ1) is 16.9. The summed E-state index contributed by atoms with van der Waals surface area (Å²) in [5, 5.41) is 13.2. The minimum atomic E-state index is -0.417. The van der Waals surface area contributed by atoms with Crippen molar-refractivity contribution >= 4 is 0 Å². The molecule has 0 aromatic carbocycles. The van der Waals surface area contributed by atoms with Gasteiger partial charge in [-0.15, -0.1) is 0 Å². The molecule has 19 heavy (non-hydrogen) atoms. The molecule has 0 saturated carbocycles. The molecule has 0 spiro atoms. The third kappa shape index (κ3) is 8.58. The summed E-state index contributed by atoms with van der Waals surface area (Å²) in [6.45, 7) is 10.1. The molecular weight excluding hydrogens is 242 g/mol. The third-order valence-corrected chi connectivity index (χ3v) is 3.44. The van der Waals surface area contributed by atoms with Crippen LogP contribution in [0.15, 0.2) is 0 Å². The molecule has 1 fully saturated rings. The first-order chi connectivity index (χ1) is 9.08. The summed E-state index contributed by atoms with van der Waals surface area (Å²) >= 11 is 0. The Labute approximate surface area is 117 Å². The van der Waals surface area contributed by atoms with E-state index in [2.05, 4.69) is 26.1 Å². The van der Waals surface area contributed by atoms with Crippen LogP contribution in [-0.2, 0) is 9.47 Å². The van der Waals surface area contributed by atoms with E-state index in [0.717, 1.165) is 32.6 Å². The molecule has 1 rings (SSSR count). The number of hydrogen-bond acceptors (Lipinski definition) is 4. The van der Waals surface area contributed by atoms with Gasteiger partial charge in [-0.2, -0.15) is 0 Å². The third-order valence-electron chi connectivity index (χ3n) is 3.44. The second-order valence-electron chi connectivity index (χ2n) is 6.17. The van der Waals surface area contributed by atoms with Crippen LogP contribution in [0.1, 0.15) is 40.0 Å². The molecule has 0 aliphatic carbocycles. The molecule has 0 amide bonds. The van der Waals surface area contributed by atoms with Gasteiger partial charge in [0.05, 0.1) is 25.4 Å². The molecular formula is C15H31NO3. The Bertz CT molecular complexity index is 217. The van der Waals surface area contributed by atoms with E-state index in [-0.39, 0.29) is 6.10 Å². The molecule has 4 nitrogen and oxygen atoms in total. The van der Waals surface area contributed by atoms with Crippen molar-refractivity contribution in [3.63, 3.8) is 0 Å². The molecule has 0 aromatic heterocycles. The van der Waals surface area contributed by atoms with Crippen LogP contribution in [0.5, 0.6) is 0 Å². The molecule has 4 heteroatoms. The average Bonchev–Trinajstić information content (AvgIpc) is 2.37. The van der Waals surface area contributed by atoms with Crippen LogP contribution in [0.4, 0.5) is 0 Å². The van der Waals surface area contributed by atoms with Crippen molar-refractivity contribution in [3.8, 4) is 0 Å². The van der Waals surface area contributed by atoms with Gasteiger partial charge in [0.25, 0.3) is 0 Å². The van der Waals surface area contributed by atoms with Crippen molar-refractivity contribution < 1.29 is 14.6 Å². The maximum Gasteiger partial charge on any atom is 0.0897 e. The second kappa shape index (κ2) is 9.70. The van der Waals surface area contributed by atoms with E-state index in [1.54, 1.807) is 0 Å². The summed E-state index contributed by atoms with van der Waals surface area (Å²) in [5.41, 5.74) is 0. The van der Waals surface area contributed by atoms with E-state index in [1.807, 2.05) is 0 Å². The Morgan fingerprint density at radius 3 is 2.79 bits per heavy atom. The monoisotopic (exact) mass is 273 g/mol. The van der Waals surface area contributed by atoms with Gasteiger partial charge in [-0.25, -0.2) is 0 Å². The van der Waals surface area contributed by atoms with Crippen molar-refractivity contribution in [2.75, 3.05) is 32.9 Å². The lowest BCUT2D eigenvalue weighted by Crippen LogP contribution is -2.36. The zero-order chi connectivity index (χ0) is 14.1. The largest absolute Gasteiger partial charge is 0.389 e. The minimum absolute atomic E-state index is 0.224. The Morgan fingerprint density at radius 1 is 1.37 bits per heavy atom. The maximum atomic E-state index is 9.84. The van der Waals surface area contributed by atoms with E-state index in [4.69, 9.17) is 9.47 Å². The minimum Gasteiger partial charge on any atom is -0.389 e. The molecule has 1 heterocycles. The van der Waals surface area contributed by atoms with E-state index in [0.29, 0.717) is 25.0 Å². The molecule has 1 aliphatic rings.